The maximum Gasteiger partial charge on any atom is 0.299 e. The number of benzene rings is 2. The maximum atomic E-state index is 15.0. The van der Waals surface area contributed by atoms with Gasteiger partial charge < -0.3 is 31.9 Å². The molecule has 7 N–H and O–H groups in total. The largest absolute Gasteiger partial charge is 0.384 e. The fourth-order valence-electron chi connectivity index (χ4n) is 6.90. The Morgan fingerprint density at radius 1 is 1.02 bits per heavy atom. The van der Waals surface area contributed by atoms with Gasteiger partial charge in [-0.3, -0.25) is 24.6 Å². The van der Waals surface area contributed by atoms with E-state index in [9.17, 15) is 19.2 Å². The standard InChI is InChI=1S/C34H37F2N7O4S/c1-18(27-12-21(16-48-27)30(37)38)42-32(47)26-13-33(17-39-9-10-40-19(2)44)14-28(33)43(26)29(45)15-41-31(46)20-7-8-25-23(11-20)22-5-3-4-6-24(22)34(25,35)36/h3-8,11-12,16,18,26,28,39H,9-10,13-15,17H2,1-2H3,(H3,37,38)(H,40,44)(H,41,46)(H,42,47)/t18-,26+,28?,33+/m1/s1. The molecule has 2 heterocycles. The number of amides is 4. The van der Waals surface area contributed by atoms with Crippen molar-refractivity contribution in [1.29, 1.82) is 5.41 Å². The Morgan fingerprint density at radius 3 is 2.50 bits per heavy atom. The van der Waals surface area contributed by atoms with Gasteiger partial charge in [-0.15, -0.1) is 11.3 Å². The second-order valence-electron chi connectivity index (χ2n) is 12.7. The van der Waals surface area contributed by atoms with Crippen LogP contribution in [0.3, 0.4) is 0 Å². The van der Waals surface area contributed by atoms with Crippen molar-refractivity contribution in [2.24, 2.45) is 11.1 Å². The molecule has 2 fully saturated rings. The van der Waals surface area contributed by atoms with E-state index in [-0.39, 0.29) is 57.9 Å². The van der Waals surface area contributed by atoms with Crippen LogP contribution in [-0.4, -0.2) is 72.6 Å². The first-order valence-corrected chi connectivity index (χ1v) is 16.6. The first kappa shape index (κ1) is 33.2. The van der Waals surface area contributed by atoms with E-state index >= 15 is 8.78 Å². The van der Waals surface area contributed by atoms with Crippen LogP contribution in [0, 0.1) is 10.8 Å². The molecule has 6 rings (SSSR count). The van der Waals surface area contributed by atoms with E-state index in [0.29, 0.717) is 43.6 Å². The molecule has 4 atom stereocenters. The Kier molecular flexibility index (Phi) is 8.81. The van der Waals surface area contributed by atoms with Gasteiger partial charge in [0.15, 0.2) is 0 Å². The monoisotopic (exact) mass is 677 g/mol. The first-order chi connectivity index (χ1) is 22.8. The van der Waals surface area contributed by atoms with Crippen LogP contribution in [0.1, 0.15) is 64.7 Å². The number of fused-ring (bicyclic) bond motifs is 4. The summed E-state index contributed by atoms with van der Waals surface area (Å²) in [5.74, 6) is -4.72. The second-order valence-corrected chi connectivity index (χ2v) is 13.7. The topological polar surface area (TPSA) is 170 Å². The lowest BCUT2D eigenvalue weighted by molar-refractivity contribution is -0.139. The van der Waals surface area contributed by atoms with Crippen molar-refractivity contribution in [1.82, 2.24) is 26.2 Å². The summed E-state index contributed by atoms with van der Waals surface area (Å²) in [6, 6.07) is 10.5. The molecule has 11 nitrogen and oxygen atoms in total. The zero-order chi connectivity index (χ0) is 34.4. The molecule has 1 aromatic heterocycles. The zero-order valence-corrected chi connectivity index (χ0v) is 27.3. The summed E-state index contributed by atoms with van der Waals surface area (Å²) in [5.41, 5.74) is 6.32. The summed E-state index contributed by atoms with van der Waals surface area (Å²) in [7, 11) is 0. The van der Waals surface area contributed by atoms with E-state index in [1.165, 1.54) is 42.5 Å². The van der Waals surface area contributed by atoms with Crippen LogP contribution in [0.2, 0.25) is 0 Å². The van der Waals surface area contributed by atoms with Crippen molar-refractivity contribution >= 4 is 40.8 Å². The number of nitrogens with one attached hydrogen (secondary N) is 5. The van der Waals surface area contributed by atoms with Crippen molar-refractivity contribution in [3.05, 3.63) is 81.0 Å². The van der Waals surface area contributed by atoms with Crippen LogP contribution >= 0.6 is 11.3 Å². The normalized spacial score (nSPS) is 21.8. The van der Waals surface area contributed by atoms with Gasteiger partial charge >= 0.3 is 0 Å². The highest BCUT2D eigenvalue weighted by Gasteiger charge is 2.66. The SMILES string of the molecule is CC(=O)NCCNC[C@]12CC1N(C(=O)CNC(=O)c1ccc3c(c1)-c1ccccc1C3(F)F)[C@H](C(=O)N[C@H](C)c1cc(C(=N)N)cs1)C2. The highest BCUT2D eigenvalue weighted by atomic mass is 32.1. The van der Waals surface area contributed by atoms with Crippen LogP contribution < -0.4 is 27.0 Å². The number of amidine groups is 1. The summed E-state index contributed by atoms with van der Waals surface area (Å²) in [4.78, 5) is 54.2. The van der Waals surface area contributed by atoms with Crippen LogP contribution in [0.4, 0.5) is 8.78 Å². The fourth-order valence-corrected chi connectivity index (χ4v) is 7.82. The Balaban J connectivity index is 1.14. The Bertz CT molecular complexity index is 1810. The molecule has 14 heteroatoms. The molecular weight excluding hydrogens is 640 g/mol. The van der Waals surface area contributed by atoms with E-state index < -0.39 is 29.8 Å². The molecule has 2 aromatic carbocycles. The molecule has 1 saturated carbocycles. The third-order valence-corrected chi connectivity index (χ3v) is 10.6. The molecule has 3 aromatic rings. The molecule has 252 valence electrons. The van der Waals surface area contributed by atoms with Gasteiger partial charge in [-0.05, 0) is 49.1 Å². The average Bonchev–Trinajstić information content (AvgIpc) is 3.33. The summed E-state index contributed by atoms with van der Waals surface area (Å²) < 4.78 is 30.0. The number of likely N-dealkylation sites (tertiary alicyclic amines) is 1. The molecule has 0 bridgehead atoms. The molecule has 0 radical (unpaired) electrons. The minimum atomic E-state index is -3.17. The highest BCUT2D eigenvalue weighted by Crippen LogP contribution is 2.59. The minimum Gasteiger partial charge on any atom is -0.384 e. The van der Waals surface area contributed by atoms with E-state index in [4.69, 9.17) is 11.1 Å². The molecule has 1 saturated heterocycles. The summed E-state index contributed by atoms with van der Waals surface area (Å²) in [6.45, 7) is 4.40. The third kappa shape index (κ3) is 6.17. The van der Waals surface area contributed by atoms with E-state index in [1.54, 1.807) is 34.5 Å². The molecule has 4 amide bonds. The number of nitrogen functional groups attached to an aromatic ring is 1. The van der Waals surface area contributed by atoms with Crippen LogP contribution in [0.5, 0.6) is 0 Å². The van der Waals surface area contributed by atoms with Crippen LogP contribution in [0.15, 0.2) is 53.9 Å². The fraction of sp³-hybridized carbons (Fsp3) is 0.382. The van der Waals surface area contributed by atoms with Gasteiger partial charge in [-0.2, -0.15) is 8.78 Å². The van der Waals surface area contributed by atoms with Gasteiger partial charge in [0.2, 0.25) is 17.7 Å². The smallest absolute Gasteiger partial charge is 0.299 e. The number of nitrogens with zero attached hydrogens (tertiary/aromatic N) is 1. The van der Waals surface area contributed by atoms with Crippen LogP contribution in [0.25, 0.3) is 11.1 Å². The Hall–Kier alpha value is -4.69. The predicted molar refractivity (Wildman–Crippen MR) is 177 cm³/mol. The Labute approximate surface area is 280 Å². The lowest BCUT2D eigenvalue weighted by atomic mass is 9.98. The number of carbonyl (C=O) groups is 4. The molecule has 2 aliphatic carbocycles. The quantitative estimate of drug-likeness (QED) is 0.0979. The molecule has 0 spiro atoms. The zero-order valence-electron chi connectivity index (χ0n) is 26.5. The number of hydrogen-bond donors (Lipinski definition) is 6. The molecule has 1 aliphatic heterocycles. The van der Waals surface area contributed by atoms with E-state index in [1.807, 2.05) is 6.92 Å². The van der Waals surface area contributed by atoms with Crippen molar-refractivity contribution in [2.75, 3.05) is 26.2 Å². The summed E-state index contributed by atoms with van der Waals surface area (Å²) in [6.07, 6.45) is 1.11. The van der Waals surface area contributed by atoms with Gasteiger partial charge in [0.1, 0.15) is 11.9 Å². The lowest BCUT2D eigenvalue weighted by Crippen LogP contribution is -2.51. The molecule has 48 heavy (non-hydrogen) atoms. The molecule has 3 aliphatic rings. The van der Waals surface area contributed by atoms with Crippen molar-refractivity contribution in [3.63, 3.8) is 0 Å². The molecular formula is C34H37F2N7O4S. The highest BCUT2D eigenvalue weighted by molar-refractivity contribution is 7.10. The first-order valence-electron chi connectivity index (χ1n) is 15.7. The number of carbonyl (C=O) groups excluding carboxylic acids is 4. The maximum absolute atomic E-state index is 15.0. The van der Waals surface area contributed by atoms with Gasteiger partial charge in [-0.25, -0.2) is 0 Å². The average molecular weight is 678 g/mol. The van der Waals surface area contributed by atoms with Gasteiger partial charge in [0.25, 0.3) is 11.8 Å². The number of thiophene rings is 1. The number of piperidine rings is 1. The Morgan fingerprint density at radius 2 is 1.77 bits per heavy atom. The van der Waals surface area contributed by atoms with Gasteiger partial charge in [0, 0.05) is 70.5 Å². The van der Waals surface area contributed by atoms with E-state index in [2.05, 4.69) is 21.3 Å². The van der Waals surface area contributed by atoms with Crippen LogP contribution in [-0.2, 0) is 20.3 Å². The number of hydrogen-bond acceptors (Lipinski definition) is 7. The lowest BCUT2D eigenvalue weighted by Gasteiger charge is -2.28. The second kappa shape index (κ2) is 12.7. The van der Waals surface area contributed by atoms with Crippen molar-refractivity contribution < 1.29 is 28.0 Å². The predicted octanol–water partition coefficient (Wildman–Crippen LogP) is 2.85. The molecule has 1 unspecified atom stereocenters. The van der Waals surface area contributed by atoms with Gasteiger partial charge in [-0.1, -0.05) is 30.3 Å². The number of alkyl halides is 2. The number of rotatable bonds is 12. The number of nitrogens with two attached hydrogens (primary N) is 1. The third-order valence-electron chi connectivity index (χ3n) is 9.45. The summed E-state index contributed by atoms with van der Waals surface area (Å²) >= 11 is 1.37. The number of halogens is 2. The minimum absolute atomic E-state index is 0.0682. The van der Waals surface area contributed by atoms with E-state index in [0.717, 1.165) is 4.88 Å². The van der Waals surface area contributed by atoms with Crippen molar-refractivity contribution in [3.8, 4) is 11.1 Å². The summed E-state index contributed by atoms with van der Waals surface area (Å²) in [5, 5.41) is 21.1. The van der Waals surface area contributed by atoms with Gasteiger partial charge in [0.05, 0.1) is 12.6 Å². The van der Waals surface area contributed by atoms with Crippen molar-refractivity contribution in [2.45, 2.75) is 50.7 Å².